The molecule has 2 atom stereocenters. The highest BCUT2D eigenvalue weighted by Gasteiger charge is 2.40. The van der Waals surface area contributed by atoms with Gasteiger partial charge in [0, 0.05) is 35.3 Å². The van der Waals surface area contributed by atoms with Crippen molar-refractivity contribution in [2.75, 3.05) is 40.4 Å². The number of carbonyl (C=O) groups is 4. The molecule has 0 bridgehead atoms. The molecule has 2 aromatic rings. The average molecular weight is 466 g/mol. The van der Waals surface area contributed by atoms with E-state index in [9.17, 15) is 19.2 Å². The Bertz CT molecular complexity index is 1030. The maximum atomic E-state index is 13.2. The molecule has 2 amide bonds. The Hall–Kier alpha value is -3.76. The summed E-state index contributed by atoms with van der Waals surface area (Å²) in [7, 11) is 2.60. The van der Waals surface area contributed by atoms with Gasteiger partial charge in [-0.25, -0.2) is 0 Å². The highest BCUT2D eigenvalue weighted by Crippen LogP contribution is 2.34. The molecule has 0 fully saturated rings. The SMILES string of the molecule is COC(=O)CN[C@H]1c2ccccc2C(=O)N1CCN1C(=O)c2ccccc2[C@@H]1NCC(=O)OC. The third kappa shape index (κ3) is 4.37. The molecule has 10 nitrogen and oxygen atoms in total. The fourth-order valence-electron chi connectivity index (χ4n) is 4.36. The summed E-state index contributed by atoms with van der Waals surface area (Å²) in [6, 6.07) is 14.4. The Morgan fingerprint density at radius 3 is 1.50 bits per heavy atom. The topological polar surface area (TPSA) is 117 Å². The van der Waals surface area contributed by atoms with Crippen molar-refractivity contribution in [2.45, 2.75) is 12.3 Å². The van der Waals surface area contributed by atoms with Gasteiger partial charge in [0.2, 0.25) is 0 Å². The number of esters is 2. The molecule has 0 unspecified atom stereocenters. The van der Waals surface area contributed by atoms with E-state index >= 15 is 0 Å². The van der Waals surface area contributed by atoms with E-state index in [1.54, 1.807) is 34.1 Å². The number of rotatable bonds is 9. The van der Waals surface area contributed by atoms with Crippen LogP contribution in [0, 0.1) is 0 Å². The Balaban J connectivity index is 1.54. The maximum absolute atomic E-state index is 13.2. The molecule has 2 aliphatic rings. The van der Waals surface area contributed by atoms with E-state index in [0.717, 1.165) is 11.1 Å². The van der Waals surface area contributed by atoms with Crippen LogP contribution in [0.15, 0.2) is 48.5 Å². The number of fused-ring (bicyclic) bond motifs is 2. The monoisotopic (exact) mass is 466 g/mol. The third-order valence-corrected chi connectivity index (χ3v) is 6.03. The zero-order valence-electron chi connectivity index (χ0n) is 18.9. The van der Waals surface area contributed by atoms with Crippen LogP contribution in [0.2, 0.25) is 0 Å². The molecule has 34 heavy (non-hydrogen) atoms. The van der Waals surface area contributed by atoms with E-state index in [0.29, 0.717) is 11.1 Å². The maximum Gasteiger partial charge on any atom is 0.319 e. The Morgan fingerprint density at radius 1 is 0.735 bits per heavy atom. The summed E-state index contributed by atoms with van der Waals surface area (Å²) in [5.74, 6) is -1.29. The molecule has 0 aliphatic carbocycles. The number of carbonyl (C=O) groups excluding carboxylic acids is 4. The molecule has 0 saturated carbocycles. The zero-order chi connectivity index (χ0) is 24.2. The number of ether oxygens (including phenoxy) is 2. The van der Waals surface area contributed by atoms with Crippen LogP contribution in [-0.2, 0) is 19.1 Å². The highest BCUT2D eigenvalue weighted by atomic mass is 16.5. The highest BCUT2D eigenvalue weighted by molar-refractivity contribution is 6.00. The molecule has 2 N–H and O–H groups in total. The summed E-state index contributed by atoms with van der Waals surface area (Å²) in [5, 5.41) is 6.16. The van der Waals surface area contributed by atoms with Gasteiger partial charge in [-0.05, 0) is 12.1 Å². The first-order valence-corrected chi connectivity index (χ1v) is 10.9. The lowest BCUT2D eigenvalue weighted by Gasteiger charge is -2.31. The third-order valence-electron chi connectivity index (χ3n) is 6.03. The Labute approximate surface area is 196 Å². The predicted molar refractivity (Wildman–Crippen MR) is 120 cm³/mol. The first kappa shape index (κ1) is 23.4. The number of amides is 2. The minimum atomic E-state index is -0.538. The van der Waals surface area contributed by atoms with E-state index in [4.69, 9.17) is 9.47 Å². The van der Waals surface area contributed by atoms with Crippen molar-refractivity contribution >= 4 is 23.8 Å². The van der Waals surface area contributed by atoms with Crippen LogP contribution >= 0.6 is 0 Å². The van der Waals surface area contributed by atoms with Crippen molar-refractivity contribution in [3.8, 4) is 0 Å². The lowest BCUT2D eigenvalue weighted by Crippen LogP contribution is -2.46. The van der Waals surface area contributed by atoms with Crippen molar-refractivity contribution in [2.24, 2.45) is 0 Å². The molecule has 10 heteroatoms. The minimum absolute atomic E-state index is 0.0727. The number of hydrogen-bond donors (Lipinski definition) is 2. The van der Waals surface area contributed by atoms with Crippen molar-refractivity contribution in [3.05, 3.63) is 70.8 Å². The molecule has 2 aliphatic heterocycles. The van der Waals surface area contributed by atoms with Gasteiger partial charge >= 0.3 is 11.9 Å². The van der Waals surface area contributed by atoms with Gasteiger partial charge in [0.25, 0.3) is 11.8 Å². The summed E-state index contributed by atoms with van der Waals surface area (Å²) in [5.41, 5.74) is 2.60. The van der Waals surface area contributed by atoms with Gasteiger partial charge in [0.15, 0.2) is 0 Å². The van der Waals surface area contributed by atoms with E-state index in [2.05, 4.69) is 10.6 Å². The number of nitrogens with one attached hydrogen (secondary N) is 2. The van der Waals surface area contributed by atoms with Crippen LogP contribution < -0.4 is 10.6 Å². The van der Waals surface area contributed by atoms with Crippen LogP contribution in [-0.4, -0.2) is 74.0 Å². The zero-order valence-corrected chi connectivity index (χ0v) is 18.9. The standard InChI is InChI=1S/C24H26N4O6/c1-33-19(29)13-25-21-15-7-3-5-9-17(15)23(31)27(21)11-12-28-22(26-14-20(30)34-2)16-8-4-6-10-18(16)24(28)32/h3-10,21-22,25-26H,11-14H2,1-2H3/t21-,22-/m1/s1. The molecule has 0 spiro atoms. The second-order valence-electron chi connectivity index (χ2n) is 7.89. The number of nitrogens with zero attached hydrogens (tertiary/aromatic N) is 2. The average Bonchev–Trinajstić information content (AvgIpc) is 3.29. The van der Waals surface area contributed by atoms with Gasteiger partial charge in [-0.15, -0.1) is 0 Å². The van der Waals surface area contributed by atoms with E-state index < -0.39 is 24.3 Å². The molecule has 0 saturated heterocycles. The molecule has 178 valence electrons. The second-order valence-corrected chi connectivity index (χ2v) is 7.89. The van der Waals surface area contributed by atoms with Crippen molar-refractivity contribution in [1.82, 2.24) is 20.4 Å². The summed E-state index contributed by atoms with van der Waals surface area (Å²) in [6.45, 7) is 0.276. The van der Waals surface area contributed by atoms with Gasteiger partial charge < -0.3 is 19.3 Å². The van der Waals surface area contributed by atoms with Gasteiger partial charge in [-0.2, -0.15) is 0 Å². The summed E-state index contributed by atoms with van der Waals surface area (Å²) >= 11 is 0. The molecular weight excluding hydrogens is 440 g/mol. The quantitative estimate of drug-likeness (QED) is 0.522. The summed E-state index contributed by atoms with van der Waals surface area (Å²) in [4.78, 5) is 52.9. The number of benzene rings is 2. The minimum Gasteiger partial charge on any atom is -0.468 e. The van der Waals surface area contributed by atoms with Gasteiger partial charge in [-0.3, -0.25) is 29.8 Å². The van der Waals surface area contributed by atoms with Crippen LogP contribution in [0.5, 0.6) is 0 Å². The van der Waals surface area contributed by atoms with Crippen LogP contribution in [0.3, 0.4) is 0 Å². The molecule has 0 radical (unpaired) electrons. The lowest BCUT2D eigenvalue weighted by atomic mass is 10.1. The molecule has 2 heterocycles. The molecular formula is C24H26N4O6. The Kier molecular flexibility index (Phi) is 6.90. The van der Waals surface area contributed by atoms with Crippen molar-refractivity contribution in [1.29, 1.82) is 0 Å². The van der Waals surface area contributed by atoms with Crippen LogP contribution in [0.4, 0.5) is 0 Å². The second kappa shape index (κ2) is 10.0. The fraction of sp³-hybridized carbons (Fsp3) is 0.333. The lowest BCUT2D eigenvalue weighted by molar-refractivity contribution is -0.140. The molecule has 2 aromatic carbocycles. The smallest absolute Gasteiger partial charge is 0.319 e. The number of methoxy groups -OCH3 is 2. The number of hydrogen-bond acceptors (Lipinski definition) is 8. The predicted octanol–water partition coefficient (Wildman–Crippen LogP) is 0.821. The Morgan fingerprint density at radius 2 is 1.12 bits per heavy atom. The van der Waals surface area contributed by atoms with Crippen molar-refractivity contribution in [3.63, 3.8) is 0 Å². The first-order chi connectivity index (χ1) is 16.5. The fourth-order valence-corrected chi connectivity index (χ4v) is 4.36. The van der Waals surface area contributed by atoms with E-state index in [-0.39, 0.29) is 38.0 Å². The van der Waals surface area contributed by atoms with E-state index in [1.165, 1.54) is 14.2 Å². The van der Waals surface area contributed by atoms with Gasteiger partial charge in [0.05, 0.1) is 27.3 Å². The first-order valence-electron chi connectivity index (χ1n) is 10.9. The molecule has 0 aromatic heterocycles. The normalized spacial score (nSPS) is 18.6. The van der Waals surface area contributed by atoms with Crippen LogP contribution in [0.1, 0.15) is 44.2 Å². The summed E-state index contributed by atoms with van der Waals surface area (Å²) < 4.78 is 9.43. The van der Waals surface area contributed by atoms with Crippen LogP contribution in [0.25, 0.3) is 0 Å². The van der Waals surface area contributed by atoms with E-state index in [1.807, 2.05) is 24.3 Å². The van der Waals surface area contributed by atoms with Gasteiger partial charge in [0.1, 0.15) is 12.3 Å². The van der Waals surface area contributed by atoms with Gasteiger partial charge in [-0.1, -0.05) is 36.4 Å². The largest absolute Gasteiger partial charge is 0.468 e. The van der Waals surface area contributed by atoms with Crippen molar-refractivity contribution < 1.29 is 28.7 Å². The summed E-state index contributed by atoms with van der Waals surface area (Å²) in [6.07, 6.45) is -1.08. The molecule has 4 rings (SSSR count).